The van der Waals surface area contributed by atoms with Crippen molar-refractivity contribution in [2.45, 2.75) is 39.7 Å². The number of sulfonamides is 1. The van der Waals surface area contributed by atoms with E-state index in [1.54, 1.807) is 0 Å². The van der Waals surface area contributed by atoms with Gasteiger partial charge in [0.1, 0.15) is 0 Å². The molecule has 0 saturated carbocycles. The predicted octanol–water partition coefficient (Wildman–Crippen LogP) is 2.14. The minimum absolute atomic E-state index is 0.0409. The van der Waals surface area contributed by atoms with Gasteiger partial charge in [0.05, 0.1) is 18.5 Å². The Morgan fingerprint density at radius 1 is 1.29 bits per heavy atom. The Balaban J connectivity index is 3.64. The maximum absolute atomic E-state index is 11.5. The van der Waals surface area contributed by atoms with Gasteiger partial charge in [0.15, 0.2) is 0 Å². The molecule has 0 aromatic carbocycles. The van der Waals surface area contributed by atoms with Gasteiger partial charge in [-0.15, -0.1) is 0 Å². The van der Waals surface area contributed by atoms with Crippen LogP contribution in [-0.2, 0) is 14.8 Å². The fraction of sp³-hybridized carbons (Fsp3) is 1.00. The van der Waals surface area contributed by atoms with Crippen LogP contribution < -0.4 is 4.72 Å². The Morgan fingerprint density at radius 2 is 1.94 bits per heavy atom. The number of ether oxygens (including phenoxy) is 1. The summed E-state index contributed by atoms with van der Waals surface area (Å²) < 4.78 is 30.9. The highest BCUT2D eigenvalue weighted by molar-refractivity contribution is 9.09. The van der Waals surface area contributed by atoms with Gasteiger partial charge in [0, 0.05) is 11.9 Å². The highest BCUT2D eigenvalue weighted by Gasteiger charge is 2.10. The van der Waals surface area contributed by atoms with Crippen LogP contribution in [0.4, 0.5) is 0 Å². The quantitative estimate of drug-likeness (QED) is 0.493. The zero-order chi connectivity index (χ0) is 13.3. The van der Waals surface area contributed by atoms with Crippen LogP contribution in [0.3, 0.4) is 0 Å². The van der Waals surface area contributed by atoms with E-state index in [0.717, 1.165) is 18.2 Å². The summed E-state index contributed by atoms with van der Waals surface area (Å²) in [5.41, 5.74) is 0. The molecule has 0 amide bonds. The Kier molecular flexibility index (Phi) is 9.49. The summed E-state index contributed by atoms with van der Waals surface area (Å²) in [5, 5.41) is 0.960. The van der Waals surface area contributed by atoms with Crippen LogP contribution in [-0.4, -0.2) is 38.8 Å². The number of halogens is 1. The second-order valence-corrected chi connectivity index (χ2v) is 7.11. The van der Waals surface area contributed by atoms with Crippen LogP contribution in [0, 0.1) is 5.92 Å². The highest BCUT2D eigenvalue weighted by Crippen LogP contribution is 2.07. The lowest BCUT2D eigenvalue weighted by molar-refractivity contribution is 0.0911. The Labute approximate surface area is 114 Å². The predicted molar refractivity (Wildman–Crippen MR) is 75.1 cm³/mol. The average molecular weight is 330 g/mol. The van der Waals surface area contributed by atoms with E-state index in [2.05, 4.69) is 27.6 Å². The molecule has 0 aliphatic heterocycles. The molecular weight excluding hydrogens is 306 g/mol. The second-order valence-electron chi connectivity index (χ2n) is 4.53. The summed E-state index contributed by atoms with van der Waals surface area (Å²) >= 11 is 3.40. The molecule has 0 heterocycles. The zero-order valence-electron chi connectivity index (χ0n) is 10.9. The van der Waals surface area contributed by atoms with E-state index in [0.29, 0.717) is 12.5 Å². The molecule has 0 aromatic rings. The molecule has 0 aromatic heterocycles. The van der Waals surface area contributed by atoms with Crippen molar-refractivity contribution in [2.24, 2.45) is 5.92 Å². The number of alkyl halides is 1. The van der Waals surface area contributed by atoms with E-state index in [9.17, 15) is 8.42 Å². The van der Waals surface area contributed by atoms with Crippen molar-refractivity contribution in [3.05, 3.63) is 0 Å². The van der Waals surface area contributed by atoms with Gasteiger partial charge in [0.2, 0.25) is 10.0 Å². The van der Waals surface area contributed by atoms with E-state index in [1.807, 2.05) is 13.8 Å². The minimum atomic E-state index is -3.17. The molecule has 1 N–H and O–H groups in total. The first kappa shape index (κ1) is 17.4. The van der Waals surface area contributed by atoms with Crippen LogP contribution in [0.2, 0.25) is 0 Å². The van der Waals surface area contributed by atoms with Gasteiger partial charge in [0.25, 0.3) is 0 Å². The normalized spacial score (nSPS) is 14.2. The molecule has 6 heteroatoms. The molecule has 0 bridgehead atoms. The van der Waals surface area contributed by atoms with Gasteiger partial charge in [-0.3, -0.25) is 0 Å². The molecule has 0 spiro atoms. The Bertz CT molecular complexity index is 280. The molecule has 0 rings (SSSR count). The smallest absolute Gasteiger partial charge is 0.213 e. The highest BCUT2D eigenvalue weighted by atomic mass is 79.9. The van der Waals surface area contributed by atoms with Crippen molar-refractivity contribution in [3.63, 3.8) is 0 Å². The Morgan fingerprint density at radius 3 is 2.47 bits per heavy atom. The first-order valence-corrected chi connectivity index (χ1v) is 8.79. The summed E-state index contributed by atoms with van der Waals surface area (Å²) in [5.74, 6) is 0.628. The fourth-order valence-corrected chi connectivity index (χ4v) is 2.46. The lowest BCUT2D eigenvalue weighted by atomic mass is 10.1. The standard InChI is InChI=1S/C11H24BrNO3S/c1-10(2)16-7-8-17(14,15)13-6-4-5-11(3)9-12/h10-11,13H,4-9H2,1-3H3. The van der Waals surface area contributed by atoms with Gasteiger partial charge in [-0.1, -0.05) is 22.9 Å². The van der Waals surface area contributed by atoms with Crippen molar-refractivity contribution < 1.29 is 13.2 Å². The molecule has 1 atom stereocenters. The summed E-state index contributed by atoms with van der Waals surface area (Å²) in [6.07, 6.45) is 1.97. The SMILES string of the molecule is CC(CBr)CCCNS(=O)(=O)CCOC(C)C. The third-order valence-corrected chi connectivity index (χ3v) is 4.72. The minimum Gasteiger partial charge on any atom is -0.378 e. The van der Waals surface area contributed by atoms with Crippen molar-refractivity contribution >= 4 is 26.0 Å². The van der Waals surface area contributed by atoms with Gasteiger partial charge in [-0.25, -0.2) is 13.1 Å². The lowest BCUT2D eigenvalue weighted by Crippen LogP contribution is -2.30. The van der Waals surface area contributed by atoms with Crippen molar-refractivity contribution in [2.75, 3.05) is 24.2 Å². The topological polar surface area (TPSA) is 55.4 Å². The van der Waals surface area contributed by atoms with Gasteiger partial charge < -0.3 is 4.74 Å². The molecule has 0 aliphatic rings. The first-order valence-electron chi connectivity index (χ1n) is 6.02. The fourth-order valence-electron chi connectivity index (χ4n) is 1.22. The molecule has 0 aliphatic carbocycles. The average Bonchev–Trinajstić information content (AvgIpc) is 2.23. The van der Waals surface area contributed by atoms with Gasteiger partial charge in [-0.05, 0) is 32.6 Å². The molecule has 104 valence electrons. The number of hydrogen-bond donors (Lipinski definition) is 1. The van der Waals surface area contributed by atoms with Crippen LogP contribution in [0.15, 0.2) is 0 Å². The van der Waals surface area contributed by atoms with Crippen LogP contribution in [0.1, 0.15) is 33.6 Å². The summed E-state index contributed by atoms with van der Waals surface area (Å²) in [4.78, 5) is 0. The third kappa shape index (κ3) is 11.2. The molecule has 4 nitrogen and oxygen atoms in total. The zero-order valence-corrected chi connectivity index (χ0v) is 13.3. The molecule has 0 radical (unpaired) electrons. The van der Waals surface area contributed by atoms with E-state index < -0.39 is 10.0 Å². The van der Waals surface area contributed by atoms with E-state index >= 15 is 0 Å². The lowest BCUT2D eigenvalue weighted by Gasteiger charge is -2.10. The van der Waals surface area contributed by atoms with Crippen LogP contribution in [0.25, 0.3) is 0 Å². The first-order chi connectivity index (χ1) is 7.87. The number of rotatable bonds is 10. The summed E-state index contributed by atoms with van der Waals surface area (Å²) in [7, 11) is -3.17. The van der Waals surface area contributed by atoms with Crippen LogP contribution >= 0.6 is 15.9 Å². The molecular formula is C11H24BrNO3S. The number of hydrogen-bond acceptors (Lipinski definition) is 3. The Hall–Kier alpha value is 0.350. The largest absolute Gasteiger partial charge is 0.378 e. The summed E-state index contributed by atoms with van der Waals surface area (Å²) in [6, 6.07) is 0. The maximum atomic E-state index is 11.5. The van der Waals surface area contributed by atoms with E-state index in [1.165, 1.54) is 0 Å². The maximum Gasteiger partial charge on any atom is 0.213 e. The molecule has 0 saturated heterocycles. The molecule has 0 fully saturated rings. The molecule has 17 heavy (non-hydrogen) atoms. The number of nitrogens with one attached hydrogen (secondary N) is 1. The van der Waals surface area contributed by atoms with Gasteiger partial charge in [-0.2, -0.15) is 0 Å². The van der Waals surface area contributed by atoms with Crippen LogP contribution in [0.5, 0.6) is 0 Å². The van der Waals surface area contributed by atoms with Gasteiger partial charge >= 0.3 is 0 Å². The third-order valence-electron chi connectivity index (χ3n) is 2.26. The summed E-state index contributed by atoms with van der Waals surface area (Å²) in [6.45, 7) is 6.69. The van der Waals surface area contributed by atoms with Crippen molar-refractivity contribution in [3.8, 4) is 0 Å². The van der Waals surface area contributed by atoms with Crippen molar-refractivity contribution in [1.82, 2.24) is 4.72 Å². The monoisotopic (exact) mass is 329 g/mol. The second kappa shape index (κ2) is 9.30. The van der Waals surface area contributed by atoms with Crippen molar-refractivity contribution in [1.29, 1.82) is 0 Å². The van der Waals surface area contributed by atoms with E-state index in [-0.39, 0.29) is 18.5 Å². The molecule has 1 unspecified atom stereocenters. The van der Waals surface area contributed by atoms with E-state index in [4.69, 9.17) is 4.74 Å².